The average Bonchev–Trinajstić information content (AvgIpc) is 3.36. The lowest BCUT2D eigenvalue weighted by molar-refractivity contribution is -0.139. The van der Waals surface area contributed by atoms with Crippen LogP contribution in [0.2, 0.25) is 0 Å². The van der Waals surface area contributed by atoms with Crippen molar-refractivity contribution in [2.45, 2.75) is 71.6 Å². The highest BCUT2D eigenvalue weighted by atomic mass is 16.5. The SMILES string of the molecule is CCC(=O)[C@@H]1C[C@]23COC/C=C\CCNCc4cc(-c5cnc(C)cn5)cc5c(C(C)=O)cn(c45)CC(=O)N1[C@@H]2C3. The molecule has 0 spiro atoms. The molecule has 1 aliphatic carbocycles. The van der Waals surface area contributed by atoms with Crippen LogP contribution >= 0.6 is 0 Å². The highest BCUT2D eigenvalue weighted by molar-refractivity contribution is 6.09. The lowest BCUT2D eigenvalue weighted by Gasteiger charge is -2.27. The van der Waals surface area contributed by atoms with Gasteiger partial charge in [0.15, 0.2) is 11.6 Å². The van der Waals surface area contributed by atoms with Crippen molar-refractivity contribution < 1.29 is 19.1 Å². The summed E-state index contributed by atoms with van der Waals surface area (Å²) in [6.07, 6.45) is 12.2. The second-order valence-corrected chi connectivity index (χ2v) is 11.7. The Morgan fingerprint density at radius 3 is 2.78 bits per heavy atom. The quantitative estimate of drug-likeness (QED) is 0.383. The molecule has 2 aliphatic heterocycles. The molecule has 4 heterocycles. The molecule has 1 saturated carbocycles. The number of aryl methyl sites for hydroxylation is 1. The molecule has 41 heavy (non-hydrogen) atoms. The fourth-order valence-corrected chi connectivity index (χ4v) is 6.62. The molecular formula is C32H37N5O4. The Morgan fingerprint density at radius 1 is 1.17 bits per heavy atom. The first-order valence-corrected chi connectivity index (χ1v) is 14.5. The third-order valence-corrected chi connectivity index (χ3v) is 8.81. The Morgan fingerprint density at radius 2 is 2.02 bits per heavy atom. The number of nitrogens with zero attached hydrogens (tertiary/aromatic N) is 4. The van der Waals surface area contributed by atoms with E-state index in [0.717, 1.165) is 52.8 Å². The minimum Gasteiger partial charge on any atom is -0.377 e. The molecule has 0 radical (unpaired) electrons. The first-order valence-electron chi connectivity index (χ1n) is 14.5. The van der Waals surface area contributed by atoms with Gasteiger partial charge in [-0.1, -0.05) is 19.1 Å². The number of ether oxygens (including phenoxy) is 1. The Hall–Kier alpha value is -3.69. The van der Waals surface area contributed by atoms with Gasteiger partial charge in [-0.3, -0.25) is 24.4 Å². The van der Waals surface area contributed by atoms with Gasteiger partial charge in [0.2, 0.25) is 5.91 Å². The molecule has 2 aromatic heterocycles. The van der Waals surface area contributed by atoms with Crippen molar-refractivity contribution in [2.24, 2.45) is 5.41 Å². The summed E-state index contributed by atoms with van der Waals surface area (Å²) in [7, 11) is 0. The van der Waals surface area contributed by atoms with Crippen molar-refractivity contribution in [1.29, 1.82) is 0 Å². The molecule has 1 aromatic carbocycles. The van der Waals surface area contributed by atoms with Crippen LogP contribution in [0.5, 0.6) is 0 Å². The summed E-state index contributed by atoms with van der Waals surface area (Å²) in [4.78, 5) is 50.7. The lowest BCUT2D eigenvalue weighted by Crippen LogP contribution is -2.44. The van der Waals surface area contributed by atoms with E-state index in [0.29, 0.717) is 38.2 Å². The number of piperidine rings is 1. The van der Waals surface area contributed by atoms with Crippen molar-refractivity contribution in [1.82, 2.24) is 24.8 Å². The number of carbonyl (C=O) groups is 3. The molecule has 9 nitrogen and oxygen atoms in total. The van der Waals surface area contributed by atoms with Crippen molar-refractivity contribution in [3.8, 4) is 11.3 Å². The van der Waals surface area contributed by atoms with Crippen LogP contribution in [0.4, 0.5) is 0 Å². The Balaban J connectivity index is 1.45. The van der Waals surface area contributed by atoms with Crippen LogP contribution in [0.15, 0.2) is 42.9 Å². The van der Waals surface area contributed by atoms with E-state index in [2.05, 4.69) is 27.4 Å². The number of amides is 1. The normalized spacial score (nSPS) is 25.5. The third kappa shape index (κ3) is 5.13. The standard InChI is InChI=1S/C32H37N5O4/c1-4-28(39)27-12-32-13-29(32)37(27)30(40)18-36-17-25(21(3)38)24-11-22(26-16-34-20(2)14-35-26)10-23(31(24)36)15-33-8-6-5-7-9-41-19-32/h5,7,10-11,14,16-17,27,29,33H,4,6,8-9,12-13,15,18-19H2,1-3H3/b7-5-/t27-,29+,32-/m0/s1. The first-order chi connectivity index (χ1) is 19.8. The molecule has 3 aliphatic rings. The minimum atomic E-state index is -0.425. The average molecular weight is 556 g/mol. The van der Waals surface area contributed by atoms with Crippen molar-refractivity contribution >= 4 is 28.4 Å². The molecule has 2 bridgehead atoms. The van der Waals surface area contributed by atoms with E-state index >= 15 is 0 Å². The zero-order valence-corrected chi connectivity index (χ0v) is 24.0. The van der Waals surface area contributed by atoms with Gasteiger partial charge in [0.1, 0.15) is 6.54 Å². The second kappa shape index (κ2) is 10.9. The van der Waals surface area contributed by atoms with Gasteiger partial charge in [-0.05, 0) is 57.4 Å². The molecule has 0 unspecified atom stereocenters. The van der Waals surface area contributed by atoms with Gasteiger partial charge in [0.05, 0.1) is 42.4 Å². The van der Waals surface area contributed by atoms with Crippen LogP contribution in [0.1, 0.15) is 61.1 Å². The molecule has 1 saturated heterocycles. The molecule has 214 valence electrons. The topological polar surface area (TPSA) is 106 Å². The van der Waals surface area contributed by atoms with E-state index in [1.165, 1.54) is 0 Å². The van der Waals surface area contributed by atoms with Crippen molar-refractivity contribution in [2.75, 3.05) is 19.8 Å². The zero-order valence-electron chi connectivity index (χ0n) is 24.0. The molecule has 1 N–H and O–H groups in total. The second-order valence-electron chi connectivity index (χ2n) is 11.7. The molecule has 3 aromatic rings. The predicted octanol–water partition coefficient (Wildman–Crippen LogP) is 4.01. The smallest absolute Gasteiger partial charge is 0.243 e. The number of rotatable bonds is 4. The fourth-order valence-electron chi connectivity index (χ4n) is 6.62. The summed E-state index contributed by atoms with van der Waals surface area (Å²) in [5.74, 6) is -0.0716. The summed E-state index contributed by atoms with van der Waals surface area (Å²) in [6, 6.07) is 3.63. The van der Waals surface area contributed by atoms with Gasteiger partial charge < -0.3 is 19.5 Å². The number of aromatic nitrogens is 3. The van der Waals surface area contributed by atoms with Gasteiger partial charge in [-0.2, -0.15) is 0 Å². The van der Waals surface area contributed by atoms with Gasteiger partial charge in [0.25, 0.3) is 0 Å². The monoisotopic (exact) mass is 555 g/mol. The summed E-state index contributed by atoms with van der Waals surface area (Å²) in [6.45, 7) is 7.76. The number of hydrogen-bond acceptors (Lipinski definition) is 7. The van der Waals surface area contributed by atoms with Gasteiger partial charge in [0, 0.05) is 53.3 Å². The number of benzene rings is 1. The summed E-state index contributed by atoms with van der Waals surface area (Å²) >= 11 is 0. The van der Waals surface area contributed by atoms with Crippen LogP contribution in [-0.4, -0.2) is 68.8 Å². The van der Waals surface area contributed by atoms with Crippen molar-refractivity contribution in [3.63, 3.8) is 0 Å². The Bertz CT molecular complexity index is 1540. The van der Waals surface area contributed by atoms with Crippen molar-refractivity contribution in [3.05, 3.63) is 59.7 Å². The number of carbonyl (C=O) groups excluding carboxylic acids is 3. The Kier molecular flexibility index (Phi) is 7.34. The highest BCUT2D eigenvalue weighted by Gasteiger charge is 2.66. The molecule has 3 atom stereocenters. The fraction of sp³-hybridized carbons (Fsp3) is 0.469. The zero-order chi connectivity index (χ0) is 28.7. The number of nitrogens with one attached hydrogen (secondary N) is 1. The van der Waals surface area contributed by atoms with Crippen LogP contribution in [0.3, 0.4) is 0 Å². The third-order valence-electron chi connectivity index (χ3n) is 8.81. The maximum Gasteiger partial charge on any atom is 0.243 e. The van der Waals surface area contributed by atoms with Gasteiger partial charge in [-0.15, -0.1) is 0 Å². The van der Waals surface area contributed by atoms with Gasteiger partial charge in [-0.25, -0.2) is 0 Å². The van der Waals surface area contributed by atoms with Crippen LogP contribution in [0, 0.1) is 12.3 Å². The van der Waals surface area contributed by atoms with Crippen LogP contribution in [-0.2, 0) is 27.4 Å². The van der Waals surface area contributed by atoms with E-state index in [1.54, 1.807) is 25.5 Å². The number of Topliss-reactive ketones (excluding diaryl/α,β-unsaturated/α-hetero) is 2. The maximum atomic E-state index is 14.0. The van der Waals surface area contributed by atoms with Gasteiger partial charge >= 0.3 is 0 Å². The van der Waals surface area contributed by atoms with E-state index in [9.17, 15) is 14.4 Å². The molecule has 6 rings (SSSR count). The lowest BCUT2D eigenvalue weighted by atomic mass is 9.97. The number of ketones is 2. The summed E-state index contributed by atoms with van der Waals surface area (Å²) in [5.41, 5.74) is 4.66. The van der Waals surface area contributed by atoms with E-state index in [4.69, 9.17) is 4.74 Å². The largest absolute Gasteiger partial charge is 0.377 e. The molecule has 1 amide bonds. The van der Waals surface area contributed by atoms with E-state index in [1.807, 2.05) is 35.5 Å². The van der Waals surface area contributed by atoms with Crippen LogP contribution < -0.4 is 5.32 Å². The molecule has 9 heteroatoms. The van der Waals surface area contributed by atoms with E-state index in [-0.39, 0.29) is 35.5 Å². The first kappa shape index (κ1) is 27.5. The summed E-state index contributed by atoms with van der Waals surface area (Å²) in [5, 5.41) is 4.31. The molecular weight excluding hydrogens is 518 g/mol. The minimum absolute atomic E-state index is 0.0112. The van der Waals surface area contributed by atoms with Crippen LogP contribution in [0.25, 0.3) is 22.2 Å². The molecule has 2 fully saturated rings. The number of hydrogen-bond donors (Lipinski definition) is 1. The van der Waals surface area contributed by atoms with E-state index < -0.39 is 6.04 Å². The summed E-state index contributed by atoms with van der Waals surface area (Å²) < 4.78 is 7.91. The maximum absolute atomic E-state index is 14.0. The highest BCUT2D eigenvalue weighted by Crippen LogP contribution is 2.60. The Labute approximate surface area is 240 Å². The predicted molar refractivity (Wildman–Crippen MR) is 155 cm³/mol.